The molecule has 0 radical (unpaired) electrons. The second kappa shape index (κ2) is 15.9. The Hall–Kier alpha value is -1.35. The lowest BCUT2D eigenvalue weighted by Crippen LogP contribution is -2.38. The molecule has 0 saturated heterocycles. The van der Waals surface area contributed by atoms with E-state index in [9.17, 15) is 4.79 Å². The summed E-state index contributed by atoms with van der Waals surface area (Å²) in [4.78, 5) is 16.4. The van der Waals surface area contributed by atoms with E-state index in [-0.39, 0.29) is 36.4 Å². The summed E-state index contributed by atoms with van der Waals surface area (Å²) < 4.78 is 5.31. The maximum atomic E-state index is 12.1. The number of anilines is 1. The smallest absolute Gasteiger partial charge is 0.246 e. The van der Waals surface area contributed by atoms with Crippen LogP contribution in [0.4, 0.5) is 5.69 Å². The molecular formula is C19H33IN4O2. The average molecular weight is 476 g/mol. The number of halogens is 1. The molecule has 0 heterocycles. The van der Waals surface area contributed by atoms with Crippen LogP contribution in [0.2, 0.25) is 0 Å². The first-order valence-corrected chi connectivity index (χ1v) is 9.18. The van der Waals surface area contributed by atoms with Crippen molar-refractivity contribution in [1.82, 2.24) is 10.6 Å². The number of nitrogens with one attached hydrogen (secondary N) is 3. The summed E-state index contributed by atoms with van der Waals surface area (Å²) >= 11 is 0. The van der Waals surface area contributed by atoms with Crippen molar-refractivity contribution in [2.45, 2.75) is 40.0 Å². The number of aliphatic imine (C=N–C) groups is 1. The molecule has 0 saturated carbocycles. The van der Waals surface area contributed by atoms with Gasteiger partial charge in [-0.05, 0) is 50.8 Å². The summed E-state index contributed by atoms with van der Waals surface area (Å²) in [7, 11) is 0. The van der Waals surface area contributed by atoms with Gasteiger partial charge in [0.25, 0.3) is 0 Å². The largest absolute Gasteiger partial charge is 0.382 e. The Balaban J connectivity index is 0.00000625. The predicted octanol–water partition coefficient (Wildman–Crippen LogP) is 3.18. The van der Waals surface area contributed by atoms with Crippen LogP contribution in [0.1, 0.15) is 39.2 Å². The number of hydrogen-bond acceptors (Lipinski definition) is 3. The van der Waals surface area contributed by atoms with Crippen LogP contribution in [0.25, 0.3) is 0 Å². The molecule has 26 heavy (non-hydrogen) atoms. The number of benzene rings is 1. The lowest BCUT2D eigenvalue weighted by Gasteiger charge is -2.11. The van der Waals surface area contributed by atoms with E-state index in [1.54, 1.807) is 0 Å². The van der Waals surface area contributed by atoms with Crippen molar-refractivity contribution in [1.29, 1.82) is 0 Å². The number of ether oxygens (including phenoxy) is 1. The Morgan fingerprint density at radius 3 is 2.65 bits per heavy atom. The van der Waals surface area contributed by atoms with Crippen LogP contribution in [0.3, 0.4) is 0 Å². The highest BCUT2D eigenvalue weighted by atomic mass is 127. The Morgan fingerprint density at radius 1 is 1.15 bits per heavy atom. The Bertz CT molecular complexity index is 538. The van der Waals surface area contributed by atoms with Crippen molar-refractivity contribution in [3.63, 3.8) is 0 Å². The first kappa shape index (κ1) is 24.7. The van der Waals surface area contributed by atoms with Gasteiger partial charge in [-0.3, -0.25) is 4.79 Å². The van der Waals surface area contributed by atoms with Gasteiger partial charge in [0.05, 0.1) is 0 Å². The summed E-state index contributed by atoms with van der Waals surface area (Å²) in [6.45, 7) is 9.28. The molecule has 0 unspecified atom stereocenters. The fraction of sp³-hybridized carbons (Fsp3) is 0.579. The molecular weight excluding hydrogens is 443 g/mol. The molecule has 6 nitrogen and oxygen atoms in total. The van der Waals surface area contributed by atoms with Gasteiger partial charge in [-0.15, -0.1) is 24.0 Å². The Kier molecular flexibility index (Phi) is 15.0. The van der Waals surface area contributed by atoms with Crippen molar-refractivity contribution in [2.24, 2.45) is 4.99 Å². The van der Waals surface area contributed by atoms with E-state index in [1.807, 2.05) is 38.1 Å². The molecule has 0 spiro atoms. The van der Waals surface area contributed by atoms with Crippen molar-refractivity contribution in [3.8, 4) is 0 Å². The second-order valence-electron chi connectivity index (χ2n) is 5.63. The first-order chi connectivity index (χ1) is 12.2. The molecule has 148 valence electrons. The van der Waals surface area contributed by atoms with E-state index in [0.717, 1.165) is 51.3 Å². The van der Waals surface area contributed by atoms with E-state index in [1.165, 1.54) is 5.56 Å². The number of rotatable bonds is 11. The molecule has 0 bridgehead atoms. The SMILES string of the molecule is CCNC(=NCC(=O)Nc1cccc(CC)c1)NCCCCOCC.I. The third-order valence-electron chi connectivity index (χ3n) is 3.56. The Labute approximate surface area is 174 Å². The van der Waals surface area contributed by atoms with Crippen LogP contribution in [-0.4, -0.2) is 44.7 Å². The fourth-order valence-electron chi connectivity index (χ4n) is 2.24. The topological polar surface area (TPSA) is 74.8 Å². The third-order valence-corrected chi connectivity index (χ3v) is 3.56. The molecule has 0 aromatic heterocycles. The maximum absolute atomic E-state index is 12.1. The second-order valence-corrected chi connectivity index (χ2v) is 5.63. The number of hydrogen-bond donors (Lipinski definition) is 3. The van der Waals surface area contributed by atoms with Gasteiger partial charge in [-0.1, -0.05) is 19.1 Å². The number of guanidine groups is 1. The minimum absolute atomic E-state index is 0. The van der Waals surface area contributed by atoms with Gasteiger partial charge in [0.2, 0.25) is 5.91 Å². The number of aryl methyl sites for hydroxylation is 1. The van der Waals surface area contributed by atoms with Crippen molar-refractivity contribution < 1.29 is 9.53 Å². The zero-order chi connectivity index (χ0) is 18.3. The van der Waals surface area contributed by atoms with Gasteiger partial charge >= 0.3 is 0 Å². The minimum atomic E-state index is -0.123. The van der Waals surface area contributed by atoms with Crippen LogP contribution in [0.5, 0.6) is 0 Å². The van der Waals surface area contributed by atoms with Crippen LogP contribution < -0.4 is 16.0 Å². The summed E-state index contributed by atoms with van der Waals surface area (Å²) in [5.41, 5.74) is 2.01. The summed E-state index contributed by atoms with van der Waals surface area (Å²) in [5, 5.41) is 9.27. The van der Waals surface area contributed by atoms with Gasteiger partial charge in [0.1, 0.15) is 6.54 Å². The number of nitrogens with zero attached hydrogens (tertiary/aromatic N) is 1. The van der Waals surface area contributed by atoms with Crippen LogP contribution in [0.15, 0.2) is 29.3 Å². The summed E-state index contributed by atoms with van der Waals surface area (Å²) in [6, 6.07) is 7.88. The zero-order valence-corrected chi connectivity index (χ0v) is 18.5. The van der Waals surface area contributed by atoms with Crippen LogP contribution >= 0.6 is 24.0 Å². The van der Waals surface area contributed by atoms with Crippen molar-refractivity contribution in [3.05, 3.63) is 29.8 Å². The van der Waals surface area contributed by atoms with E-state index in [0.29, 0.717) is 5.96 Å². The van der Waals surface area contributed by atoms with Crippen molar-refractivity contribution >= 4 is 41.5 Å². The minimum Gasteiger partial charge on any atom is -0.382 e. The highest BCUT2D eigenvalue weighted by Crippen LogP contribution is 2.10. The molecule has 0 fully saturated rings. The molecule has 0 aliphatic carbocycles. The van der Waals surface area contributed by atoms with E-state index in [2.05, 4.69) is 27.9 Å². The molecule has 1 aromatic rings. The molecule has 3 N–H and O–H groups in total. The van der Waals surface area contributed by atoms with E-state index < -0.39 is 0 Å². The normalized spacial score (nSPS) is 10.8. The van der Waals surface area contributed by atoms with Crippen LogP contribution in [0, 0.1) is 0 Å². The molecule has 0 atom stereocenters. The van der Waals surface area contributed by atoms with Crippen molar-refractivity contribution in [2.75, 3.05) is 38.2 Å². The average Bonchev–Trinajstić information content (AvgIpc) is 2.62. The van der Waals surface area contributed by atoms with Gasteiger partial charge in [-0.2, -0.15) is 0 Å². The Morgan fingerprint density at radius 2 is 1.96 bits per heavy atom. The first-order valence-electron chi connectivity index (χ1n) is 9.18. The standard InChI is InChI=1S/C19H32N4O2.HI/c1-4-16-10-9-11-17(14-16)23-18(24)15-22-19(20-5-2)21-12-7-8-13-25-6-3;/h9-11,14H,4-8,12-13,15H2,1-3H3,(H,23,24)(H2,20,21,22);1H. The zero-order valence-electron chi connectivity index (χ0n) is 16.1. The van der Waals surface area contributed by atoms with E-state index >= 15 is 0 Å². The molecule has 1 amide bonds. The fourth-order valence-corrected chi connectivity index (χ4v) is 2.24. The van der Waals surface area contributed by atoms with Gasteiger partial charge < -0.3 is 20.7 Å². The lowest BCUT2D eigenvalue weighted by atomic mass is 10.1. The molecule has 7 heteroatoms. The number of carbonyl (C=O) groups is 1. The molecule has 0 aliphatic rings. The van der Waals surface area contributed by atoms with Crippen LogP contribution in [-0.2, 0) is 16.0 Å². The number of amides is 1. The lowest BCUT2D eigenvalue weighted by molar-refractivity contribution is -0.114. The molecule has 0 aliphatic heterocycles. The highest BCUT2D eigenvalue weighted by Gasteiger charge is 2.03. The number of carbonyl (C=O) groups excluding carboxylic acids is 1. The van der Waals surface area contributed by atoms with E-state index in [4.69, 9.17) is 4.74 Å². The summed E-state index contributed by atoms with van der Waals surface area (Å²) in [6.07, 6.45) is 2.95. The monoisotopic (exact) mass is 476 g/mol. The quantitative estimate of drug-likeness (QED) is 0.199. The van der Waals surface area contributed by atoms with Gasteiger partial charge in [-0.25, -0.2) is 4.99 Å². The molecule has 1 rings (SSSR count). The highest BCUT2D eigenvalue weighted by molar-refractivity contribution is 14.0. The maximum Gasteiger partial charge on any atom is 0.246 e. The third kappa shape index (κ3) is 11.3. The molecule has 1 aromatic carbocycles. The van der Waals surface area contributed by atoms with Gasteiger partial charge in [0, 0.05) is 32.0 Å². The van der Waals surface area contributed by atoms with Gasteiger partial charge in [0.15, 0.2) is 5.96 Å². The summed E-state index contributed by atoms with van der Waals surface area (Å²) in [5.74, 6) is 0.540. The number of unbranched alkanes of at least 4 members (excludes halogenated alkanes) is 1. The predicted molar refractivity (Wildman–Crippen MR) is 120 cm³/mol.